The van der Waals surface area contributed by atoms with E-state index in [4.69, 9.17) is 0 Å². The molecule has 0 aliphatic heterocycles. The van der Waals surface area contributed by atoms with Crippen LogP contribution in [0.5, 0.6) is 0 Å². The first-order chi connectivity index (χ1) is 15.2. The molecule has 0 saturated heterocycles. The predicted molar refractivity (Wildman–Crippen MR) is 127 cm³/mol. The topological polar surface area (TPSA) is 84.3 Å². The minimum Gasteiger partial charge on any atom is -0.349 e. The predicted octanol–water partition coefficient (Wildman–Crippen LogP) is 3.82. The molecule has 0 fully saturated rings. The van der Waals surface area contributed by atoms with Crippen molar-refractivity contribution in [2.75, 3.05) is 14.1 Å². The number of amides is 1. The quantitative estimate of drug-likeness (QED) is 0.531. The zero-order valence-electron chi connectivity index (χ0n) is 19.4. The molecule has 1 heterocycles. The number of imidazole rings is 1. The lowest BCUT2D eigenvalue weighted by atomic mass is 10.0. The average Bonchev–Trinajstić information content (AvgIpc) is 3.13. The van der Waals surface area contributed by atoms with Gasteiger partial charge in [-0.25, -0.2) is 17.7 Å². The molecule has 172 valence electrons. The highest BCUT2D eigenvalue weighted by Crippen LogP contribution is 2.23. The standard InChI is InChI=1S/C24H32N4O3S/c1-6-20(18-10-8-17(3)9-11-18)26-24(29)15-14-23-25-21-16-19(32(30,31)27(4)5)12-13-22(21)28(23)7-2/h8-13,16,20H,6-7,14-15H2,1-5H3,(H,26,29)/t20-/m0/s1. The van der Waals surface area contributed by atoms with Crippen molar-refractivity contribution in [1.29, 1.82) is 0 Å². The van der Waals surface area contributed by atoms with Gasteiger partial charge in [-0.3, -0.25) is 4.79 Å². The van der Waals surface area contributed by atoms with Gasteiger partial charge in [-0.1, -0.05) is 36.8 Å². The van der Waals surface area contributed by atoms with Crippen molar-refractivity contribution in [3.8, 4) is 0 Å². The monoisotopic (exact) mass is 456 g/mol. The van der Waals surface area contributed by atoms with Gasteiger partial charge in [-0.2, -0.15) is 0 Å². The third kappa shape index (κ3) is 5.02. The number of carbonyl (C=O) groups is 1. The smallest absolute Gasteiger partial charge is 0.242 e. The maximum atomic E-state index is 12.7. The summed E-state index contributed by atoms with van der Waals surface area (Å²) in [6.07, 6.45) is 1.61. The molecule has 1 amide bonds. The number of nitrogens with zero attached hydrogens (tertiary/aromatic N) is 3. The Morgan fingerprint density at radius 3 is 2.41 bits per heavy atom. The van der Waals surface area contributed by atoms with Gasteiger partial charge in [0.15, 0.2) is 0 Å². The first kappa shape index (κ1) is 23.9. The van der Waals surface area contributed by atoms with Gasteiger partial charge < -0.3 is 9.88 Å². The highest BCUT2D eigenvalue weighted by atomic mass is 32.2. The summed E-state index contributed by atoms with van der Waals surface area (Å²) < 4.78 is 28.1. The summed E-state index contributed by atoms with van der Waals surface area (Å²) in [5, 5.41) is 3.12. The van der Waals surface area contributed by atoms with E-state index in [0.717, 1.165) is 23.3 Å². The van der Waals surface area contributed by atoms with Crippen LogP contribution in [0.25, 0.3) is 11.0 Å². The normalized spacial score (nSPS) is 12.9. The third-order valence-corrected chi connectivity index (χ3v) is 7.50. The summed E-state index contributed by atoms with van der Waals surface area (Å²) >= 11 is 0. The van der Waals surface area contributed by atoms with Gasteiger partial charge in [0.1, 0.15) is 5.82 Å². The van der Waals surface area contributed by atoms with Gasteiger partial charge >= 0.3 is 0 Å². The first-order valence-electron chi connectivity index (χ1n) is 10.9. The summed E-state index contributed by atoms with van der Waals surface area (Å²) in [5.41, 5.74) is 3.78. The number of benzene rings is 2. The number of hydrogen-bond donors (Lipinski definition) is 1. The number of sulfonamides is 1. The summed E-state index contributed by atoms with van der Waals surface area (Å²) in [7, 11) is -0.513. The number of nitrogens with one attached hydrogen (secondary N) is 1. The van der Waals surface area contributed by atoms with Crippen molar-refractivity contribution in [2.24, 2.45) is 0 Å². The molecule has 1 atom stereocenters. The Hall–Kier alpha value is -2.71. The second-order valence-corrected chi connectivity index (χ2v) is 10.3. The van der Waals surface area contributed by atoms with Crippen LogP contribution < -0.4 is 5.32 Å². The van der Waals surface area contributed by atoms with Gasteiger partial charge in [-0.15, -0.1) is 0 Å². The molecule has 0 saturated carbocycles. The van der Waals surface area contributed by atoms with Crippen LogP contribution in [-0.4, -0.2) is 42.3 Å². The Labute approximate surface area is 190 Å². The van der Waals surface area contributed by atoms with Crippen LogP contribution >= 0.6 is 0 Å². The number of carbonyl (C=O) groups excluding carboxylic acids is 1. The minimum absolute atomic E-state index is 0.0214. The fourth-order valence-corrected chi connectivity index (χ4v) is 4.71. The lowest BCUT2D eigenvalue weighted by Crippen LogP contribution is -2.28. The van der Waals surface area contributed by atoms with Gasteiger partial charge in [0.25, 0.3) is 0 Å². The van der Waals surface area contributed by atoms with Crippen LogP contribution in [0, 0.1) is 6.92 Å². The van der Waals surface area contributed by atoms with E-state index in [-0.39, 0.29) is 16.8 Å². The molecule has 1 aromatic heterocycles. The largest absolute Gasteiger partial charge is 0.349 e. The molecule has 0 unspecified atom stereocenters. The molecule has 7 nitrogen and oxygen atoms in total. The fourth-order valence-electron chi connectivity index (χ4n) is 3.79. The van der Waals surface area contributed by atoms with E-state index in [1.807, 2.05) is 18.4 Å². The van der Waals surface area contributed by atoms with Gasteiger partial charge in [0, 0.05) is 33.5 Å². The molecular weight excluding hydrogens is 424 g/mol. The second kappa shape index (κ2) is 9.83. The minimum atomic E-state index is -3.53. The van der Waals surface area contributed by atoms with E-state index in [1.165, 1.54) is 24.0 Å². The maximum absolute atomic E-state index is 12.7. The van der Waals surface area contributed by atoms with Gasteiger partial charge in [0.2, 0.25) is 15.9 Å². The Morgan fingerprint density at radius 2 is 1.81 bits per heavy atom. The van der Waals surface area contributed by atoms with E-state index >= 15 is 0 Å². The van der Waals surface area contributed by atoms with Gasteiger partial charge in [0.05, 0.1) is 22.0 Å². The van der Waals surface area contributed by atoms with Gasteiger partial charge in [-0.05, 0) is 44.0 Å². The van der Waals surface area contributed by atoms with Crippen LogP contribution in [0.3, 0.4) is 0 Å². The lowest BCUT2D eigenvalue weighted by molar-refractivity contribution is -0.121. The molecule has 0 spiro atoms. The van der Waals surface area contributed by atoms with Crippen LogP contribution in [-0.2, 0) is 27.8 Å². The van der Waals surface area contributed by atoms with Crippen LogP contribution in [0.4, 0.5) is 0 Å². The summed E-state index contributed by atoms with van der Waals surface area (Å²) in [4.78, 5) is 17.5. The fraction of sp³-hybridized carbons (Fsp3) is 0.417. The molecule has 0 aliphatic rings. The Balaban J connectivity index is 1.76. The molecule has 1 N–H and O–H groups in total. The van der Waals surface area contributed by atoms with Crippen molar-refractivity contribution in [3.05, 3.63) is 59.4 Å². The Kier molecular flexibility index (Phi) is 7.36. The molecule has 0 aliphatic carbocycles. The molecular formula is C24H32N4O3S. The number of fused-ring (bicyclic) bond motifs is 1. The number of rotatable bonds is 9. The van der Waals surface area contributed by atoms with Crippen LogP contribution in [0.15, 0.2) is 47.4 Å². The van der Waals surface area contributed by atoms with Crippen LogP contribution in [0.2, 0.25) is 0 Å². The number of aryl methyl sites for hydroxylation is 3. The highest BCUT2D eigenvalue weighted by Gasteiger charge is 2.20. The molecule has 0 bridgehead atoms. The van der Waals surface area contributed by atoms with Crippen molar-refractivity contribution in [2.45, 2.75) is 57.5 Å². The SMILES string of the molecule is CC[C@H](NC(=O)CCc1nc2cc(S(=O)(=O)N(C)C)ccc2n1CC)c1ccc(C)cc1. The van der Waals surface area contributed by atoms with Crippen molar-refractivity contribution in [1.82, 2.24) is 19.2 Å². The van der Waals surface area contributed by atoms with Crippen molar-refractivity contribution < 1.29 is 13.2 Å². The zero-order valence-corrected chi connectivity index (χ0v) is 20.2. The number of aromatic nitrogens is 2. The highest BCUT2D eigenvalue weighted by molar-refractivity contribution is 7.89. The van der Waals surface area contributed by atoms with Crippen LogP contribution in [0.1, 0.15) is 49.7 Å². The van der Waals surface area contributed by atoms with E-state index in [0.29, 0.717) is 24.9 Å². The summed E-state index contributed by atoms with van der Waals surface area (Å²) in [6, 6.07) is 13.2. The summed E-state index contributed by atoms with van der Waals surface area (Å²) in [5.74, 6) is 0.753. The molecule has 0 radical (unpaired) electrons. The van der Waals surface area contributed by atoms with E-state index in [1.54, 1.807) is 18.2 Å². The first-order valence-corrected chi connectivity index (χ1v) is 12.4. The number of hydrogen-bond acceptors (Lipinski definition) is 4. The molecule has 8 heteroatoms. The molecule has 2 aromatic carbocycles. The Morgan fingerprint density at radius 1 is 1.12 bits per heavy atom. The Bertz CT molecular complexity index is 1200. The third-order valence-electron chi connectivity index (χ3n) is 5.69. The maximum Gasteiger partial charge on any atom is 0.242 e. The second-order valence-electron chi connectivity index (χ2n) is 8.15. The average molecular weight is 457 g/mol. The lowest BCUT2D eigenvalue weighted by Gasteiger charge is -2.18. The summed E-state index contributed by atoms with van der Waals surface area (Å²) in [6.45, 7) is 6.80. The molecule has 3 rings (SSSR count). The van der Waals surface area contributed by atoms with Crippen molar-refractivity contribution >= 4 is 27.0 Å². The van der Waals surface area contributed by atoms with Crippen molar-refractivity contribution in [3.63, 3.8) is 0 Å². The zero-order chi connectivity index (χ0) is 23.5. The molecule has 3 aromatic rings. The molecule has 32 heavy (non-hydrogen) atoms. The van der Waals surface area contributed by atoms with E-state index in [9.17, 15) is 13.2 Å². The van der Waals surface area contributed by atoms with E-state index < -0.39 is 10.0 Å². The van der Waals surface area contributed by atoms with E-state index in [2.05, 4.69) is 41.5 Å².